The number of hydrogen-bond donors (Lipinski definition) is 0. The molecule has 0 unspecified atom stereocenters. The highest BCUT2D eigenvalue weighted by atomic mass is 28.5. The van der Waals surface area contributed by atoms with Crippen molar-refractivity contribution in [3.8, 4) is 0 Å². The monoisotopic (exact) mass is 356 g/mol. The van der Waals surface area contributed by atoms with Crippen LogP contribution >= 0.6 is 0 Å². The molecule has 0 saturated carbocycles. The molecule has 0 radical (unpaired) electrons. The second-order valence-electron chi connectivity index (χ2n) is 7.09. The van der Waals surface area contributed by atoms with Gasteiger partial charge in [0.05, 0.1) is 0 Å². The molecule has 1 heterocycles. The number of hydrogen-bond acceptors (Lipinski definition) is 4. The molecular weight excluding hydrogens is 328 g/mol. The summed E-state index contributed by atoms with van der Waals surface area (Å²) in [5.74, 6) is 0. The molecule has 0 atom stereocenters. The fourth-order valence-electron chi connectivity index (χ4n) is 4.54. The summed E-state index contributed by atoms with van der Waals surface area (Å²) in [7, 11) is 4.77. The van der Waals surface area contributed by atoms with E-state index in [2.05, 4.69) is 121 Å². The number of hydrazine groups is 2. The van der Waals surface area contributed by atoms with Crippen LogP contribution in [-0.4, -0.2) is 63.7 Å². The Balaban J connectivity index is 2.18. The first kappa shape index (κ1) is 17.5. The lowest BCUT2D eigenvalue weighted by atomic mass is 10.4. The van der Waals surface area contributed by atoms with E-state index in [1.807, 2.05) is 0 Å². The maximum atomic E-state index is 2.73. The minimum Gasteiger partial charge on any atom is -0.258 e. The number of rotatable bonds is 4. The first-order valence-electron chi connectivity index (χ1n) is 8.40. The summed E-state index contributed by atoms with van der Waals surface area (Å²) in [4.78, 5) is 0. The van der Waals surface area contributed by atoms with E-state index in [0.29, 0.717) is 0 Å². The highest BCUT2D eigenvalue weighted by Gasteiger charge is 2.70. The van der Waals surface area contributed by atoms with Crippen LogP contribution in [0.3, 0.4) is 0 Å². The third-order valence-electron chi connectivity index (χ3n) is 5.09. The molecule has 1 fully saturated rings. The summed E-state index contributed by atoms with van der Waals surface area (Å²) in [5.41, 5.74) is 0. The molecule has 24 heavy (non-hydrogen) atoms. The van der Waals surface area contributed by atoms with E-state index in [9.17, 15) is 0 Å². The van der Waals surface area contributed by atoms with Crippen molar-refractivity contribution in [3.05, 3.63) is 60.7 Å². The Labute approximate surface area is 148 Å². The highest BCUT2D eigenvalue weighted by molar-refractivity contribution is 7.14. The topological polar surface area (TPSA) is 13.0 Å². The number of benzene rings is 2. The quantitative estimate of drug-likeness (QED) is 0.770. The van der Waals surface area contributed by atoms with Gasteiger partial charge in [-0.2, -0.15) is 0 Å². The van der Waals surface area contributed by atoms with Gasteiger partial charge in [-0.15, -0.1) is 0 Å². The summed E-state index contributed by atoms with van der Waals surface area (Å²) < 4.78 is 5.45. The lowest BCUT2D eigenvalue weighted by molar-refractivity contribution is 0.0694. The molecule has 128 valence electrons. The third kappa shape index (κ3) is 2.34. The summed E-state index contributed by atoms with van der Waals surface area (Å²) >= 11 is 0. The zero-order valence-electron chi connectivity index (χ0n) is 15.6. The molecule has 3 rings (SSSR count). The zero-order chi connectivity index (χ0) is 17.5. The largest absolute Gasteiger partial charge is 0.258 e. The summed E-state index contributed by atoms with van der Waals surface area (Å²) in [5, 5.41) is 7.57. The van der Waals surface area contributed by atoms with Gasteiger partial charge in [0, 0.05) is 28.2 Å². The molecule has 1 aliphatic heterocycles. The van der Waals surface area contributed by atoms with E-state index in [1.165, 1.54) is 10.4 Å². The van der Waals surface area contributed by atoms with Gasteiger partial charge in [-0.1, -0.05) is 60.7 Å². The van der Waals surface area contributed by atoms with Crippen LogP contribution < -0.4 is 10.4 Å². The smallest absolute Gasteiger partial charge is 0.253 e. The van der Waals surface area contributed by atoms with E-state index in [0.717, 1.165) is 0 Å². The second-order valence-corrected chi connectivity index (χ2v) is 14.9. The maximum absolute atomic E-state index is 2.73. The Morgan fingerprint density at radius 2 is 0.875 bits per heavy atom. The van der Waals surface area contributed by atoms with Crippen molar-refractivity contribution in [2.24, 2.45) is 0 Å². The van der Waals surface area contributed by atoms with Gasteiger partial charge < -0.3 is 0 Å². The Morgan fingerprint density at radius 3 is 1.12 bits per heavy atom. The van der Waals surface area contributed by atoms with Gasteiger partial charge in [0.25, 0.3) is 16.8 Å². The van der Waals surface area contributed by atoms with Crippen LogP contribution in [0.1, 0.15) is 0 Å². The molecule has 6 heteroatoms. The van der Waals surface area contributed by atoms with E-state index in [4.69, 9.17) is 0 Å². The molecule has 2 aromatic carbocycles. The maximum Gasteiger partial charge on any atom is 0.253 e. The predicted molar refractivity (Wildman–Crippen MR) is 106 cm³/mol. The lowest BCUT2D eigenvalue weighted by Crippen LogP contribution is -3.01. The standard InChI is InChI=1S/C18H28N4Si2/c1-19(2)21-23(5,17-13-9-7-10-14-17)22(20(3)4)24(21,6)18-15-11-8-12-16-18/h7-16H,1-6H3. The Kier molecular flexibility index (Phi) is 4.54. The van der Waals surface area contributed by atoms with Crippen LogP contribution in [-0.2, 0) is 0 Å². The van der Waals surface area contributed by atoms with Crippen molar-refractivity contribution < 1.29 is 0 Å². The van der Waals surface area contributed by atoms with Crippen LogP contribution in [0.15, 0.2) is 60.7 Å². The average molecular weight is 357 g/mol. The molecule has 4 nitrogen and oxygen atoms in total. The van der Waals surface area contributed by atoms with E-state index in [-0.39, 0.29) is 0 Å². The van der Waals surface area contributed by atoms with E-state index >= 15 is 0 Å². The normalized spacial score (nSPS) is 28.3. The fraction of sp³-hybridized carbons (Fsp3) is 0.333. The van der Waals surface area contributed by atoms with Gasteiger partial charge in [-0.05, 0) is 23.5 Å². The molecule has 0 spiro atoms. The van der Waals surface area contributed by atoms with Crippen molar-refractivity contribution in [2.45, 2.75) is 13.1 Å². The fourth-order valence-corrected chi connectivity index (χ4v) is 19.4. The average Bonchev–Trinajstić information content (AvgIpc) is 2.55. The van der Waals surface area contributed by atoms with Crippen molar-refractivity contribution in [3.63, 3.8) is 0 Å². The van der Waals surface area contributed by atoms with Gasteiger partial charge >= 0.3 is 0 Å². The second kappa shape index (κ2) is 6.22. The van der Waals surface area contributed by atoms with Gasteiger partial charge in [-0.25, -0.2) is 8.68 Å². The minimum absolute atomic E-state index is 1.45. The third-order valence-corrected chi connectivity index (χ3v) is 18.1. The Morgan fingerprint density at radius 1 is 0.583 bits per heavy atom. The van der Waals surface area contributed by atoms with Gasteiger partial charge in [-0.3, -0.25) is 10.0 Å². The predicted octanol–water partition coefficient (Wildman–Crippen LogP) is 1.52. The SMILES string of the molecule is CN(C)N1[Si](C)(c2ccccc2)N(N(C)C)[Si]1(C)c1ccccc1. The Bertz CT molecular complexity index is 621. The van der Waals surface area contributed by atoms with Crippen molar-refractivity contribution in [1.29, 1.82) is 0 Å². The molecule has 2 aromatic rings. The van der Waals surface area contributed by atoms with Crippen molar-refractivity contribution >= 4 is 27.2 Å². The Hall–Kier alpha value is -1.29. The molecule has 0 bridgehead atoms. The molecular formula is C18H28N4Si2. The first-order valence-corrected chi connectivity index (χ1v) is 13.2. The minimum atomic E-state index is -2.00. The van der Waals surface area contributed by atoms with Crippen LogP contribution in [0.4, 0.5) is 0 Å². The van der Waals surface area contributed by atoms with E-state index < -0.39 is 16.8 Å². The van der Waals surface area contributed by atoms with E-state index in [1.54, 1.807) is 0 Å². The lowest BCUT2D eigenvalue weighted by Gasteiger charge is -2.71. The van der Waals surface area contributed by atoms with Gasteiger partial charge in [0.2, 0.25) is 0 Å². The van der Waals surface area contributed by atoms with Crippen LogP contribution in [0.5, 0.6) is 0 Å². The molecule has 1 saturated heterocycles. The molecule has 0 aliphatic carbocycles. The summed E-state index contributed by atoms with van der Waals surface area (Å²) in [6, 6.07) is 22.0. The van der Waals surface area contributed by atoms with Crippen molar-refractivity contribution in [1.82, 2.24) is 18.7 Å². The number of nitrogens with zero attached hydrogens (tertiary/aromatic N) is 4. The zero-order valence-corrected chi connectivity index (χ0v) is 17.6. The van der Waals surface area contributed by atoms with Gasteiger partial charge in [0.1, 0.15) is 0 Å². The van der Waals surface area contributed by atoms with Crippen LogP contribution in [0.2, 0.25) is 13.1 Å². The summed E-state index contributed by atoms with van der Waals surface area (Å²) in [6.07, 6.45) is 0. The first-order chi connectivity index (χ1) is 11.3. The van der Waals surface area contributed by atoms with Crippen LogP contribution in [0, 0.1) is 0 Å². The van der Waals surface area contributed by atoms with Crippen LogP contribution in [0.25, 0.3) is 0 Å². The molecule has 0 amide bonds. The summed E-state index contributed by atoms with van der Waals surface area (Å²) in [6.45, 7) is 4.92. The van der Waals surface area contributed by atoms with Gasteiger partial charge in [0.15, 0.2) is 0 Å². The molecule has 0 aromatic heterocycles. The molecule has 0 N–H and O–H groups in total. The highest BCUT2D eigenvalue weighted by Crippen LogP contribution is 2.39. The van der Waals surface area contributed by atoms with Crippen molar-refractivity contribution in [2.75, 3.05) is 28.2 Å². The molecule has 1 aliphatic rings.